The van der Waals surface area contributed by atoms with Crippen LogP contribution in [0.1, 0.15) is 18.4 Å². The Bertz CT molecular complexity index is 804. The van der Waals surface area contributed by atoms with E-state index in [1.165, 1.54) is 11.8 Å². The Balaban J connectivity index is 1.40. The van der Waals surface area contributed by atoms with E-state index >= 15 is 0 Å². The predicted octanol–water partition coefficient (Wildman–Crippen LogP) is 2.08. The lowest BCUT2D eigenvalue weighted by atomic mass is 9.73. The molecule has 25 heavy (non-hydrogen) atoms. The van der Waals surface area contributed by atoms with E-state index in [2.05, 4.69) is 15.3 Å². The summed E-state index contributed by atoms with van der Waals surface area (Å²) in [4.78, 5) is 35.1. The van der Waals surface area contributed by atoms with Crippen molar-refractivity contribution in [2.45, 2.75) is 23.4 Å². The molecule has 0 aliphatic carbocycles. The van der Waals surface area contributed by atoms with Crippen LogP contribution >= 0.6 is 11.8 Å². The molecule has 6 nitrogen and oxygen atoms in total. The smallest absolute Gasteiger partial charge is 0.235 e. The van der Waals surface area contributed by atoms with Crippen LogP contribution in [0.25, 0.3) is 0 Å². The predicted molar refractivity (Wildman–Crippen MR) is 95.3 cm³/mol. The third kappa shape index (κ3) is 2.89. The van der Waals surface area contributed by atoms with Gasteiger partial charge in [-0.2, -0.15) is 0 Å². The summed E-state index contributed by atoms with van der Waals surface area (Å²) < 4.78 is 0. The van der Waals surface area contributed by atoms with E-state index in [9.17, 15) is 9.59 Å². The highest BCUT2D eigenvalue weighted by Crippen LogP contribution is 2.44. The summed E-state index contributed by atoms with van der Waals surface area (Å²) in [7, 11) is 0. The molecule has 0 unspecified atom stereocenters. The van der Waals surface area contributed by atoms with Crippen molar-refractivity contribution >= 4 is 29.3 Å². The molecule has 2 amide bonds. The van der Waals surface area contributed by atoms with Crippen molar-refractivity contribution in [3.05, 3.63) is 48.3 Å². The number of benzene rings is 1. The van der Waals surface area contributed by atoms with Gasteiger partial charge in [0.2, 0.25) is 11.8 Å². The highest BCUT2D eigenvalue weighted by atomic mass is 32.2. The number of carbonyl (C=O) groups excluding carboxylic acids is 2. The average Bonchev–Trinajstić information content (AvgIpc) is 2.93. The molecule has 1 spiro atoms. The summed E-state index contributed by atoms with van der Waals surface area (Å²) in [6.07, 6.45) is 4.66. The first-order valence-corrected chi connectivity index (χ1v) is 9.26. The molecular formula is C18H18N4O2S. The number of thioether (sulfide) groups is 1. The first-order valence-electron chi connectivity index (χ1n) is 8.28. The molecule has 1 saturated heterocycles. The highest BCUT2D eigenvalue weighted by Gasteiger charge is 2.48. The lowest BCUT2D eigenvalue weighted by Crippen LogP contribution is -2.48. The number of nitrogens with one attached hydrogen (secondary N) is 1. The molecule has 3 heterocycles. The minimum Gasteiger partial charge on any atom is -0.342 e. The first kappa shape index (κ1) is 16.1. The van der Waals surface area contributed by atoms with Gasteiger partial charge in [-0.25, -0.2) is 9.97 Å². The van der Waals surface area contributed by atoms with E-state index in [0.29, 0.717) is 36.8 Å². The van der Waals surface area contributed by atoms with Gasteiger partial charge in [0.05, 0.1) is 11.2 Å². The van der Waals surface area contributed by atoms with Gasteiger partial charge in [0, 0.05) is 31.2 Å². The van der Waals surface area contributed by atoms with Gasteiger partial charge in [-0.3, -0.25) is 9.59 Å². The van der Waals surface area contributed by atoms with Gasteiger partial charge in [-0.1, -0.05) is 30.0 Å². The second-order valence-electron chi connectivity index (χ2n) is 6.28. The average molecular weight is 354 g/mol. The lowest BCUT2D eigenvalue weighted by Gasteiger charge is -2.38. The molecule has 1 aromatic carbocycles. The molecule has 2 aromatic rings. The van der Waals surface area contributed by atoms with Crippen molar-refractivity contribution in [1.29, 1.82) is 0 Å². The summed E-state index contributed by atoms with van der Waals surface area (Å²) >= 11 is 1.34. The van der Waals surface area contributed by atoms with E-state index < -0.39 is 5.41 Å². The van der Waals surface area contributed by atoms with Crippen LogP contribution in [0.15, 0.2) is 47.9 Å². The standard InChI is InChI=1S/C18H18N4O2S/c23-15(12-25-17-19-8-3-9-20-17)22-10-6-18(7-11-22)13-4-1-2-5-14(13)21-16(18)24/h1-5,8-9H,6-7,10-12H2,(H,21,24). The summed E-state index contributed by atoms with van der Waals surface area (Å²) in [5.41, 5.74) is 1.49. The summed E-state index contributed by atoms with van der Waals surface area (Å²) in [6.45, 7) is 1.19. The third-order valence-electron chi connectivity index (χ3n) is 4.96. The Morgan fingerprint density at radius 1 is 1.16 bits per heavy atom. The molecule has 0 bridgehead atoms. The monoisotopic (exact) mass is 354 g/mol. The fraction of sp³-hybridized carbons (Fsp3) is 0.333. The van der Waals surface area contributed by atoms with E-state index in [4.69, 9.17) is 0 Å². The van der Waals surface area contributed by atoms with Crippen molar-refractivity contribution in [2.24, 2.45) is 0 Å². The summed E-state index contributed by atoms with van der Waals surface area (Å²) in [5, 5.41) is 3.59. The quantitative estimate of drug-likeness (QED) is 0.675. The zero-order chi connectivity index (χ0) is 17.3. The van der Waals surface area contributed by atoms with E-state index in [0.717, 1.165) is 11.3 Å². The largest absolute Gasteiger partial charge is 0.342 e. The first-order chi connectivity index (χ1) is 12.2. The Labute approximate surface area is 150 Å². The molecule has 2 aliphatic heterocycles. The Kier molecular flexibility index (Phi) is 4.17. The molecule has 7 heteroatoms. The minimum absolute atomic E-state index is 0.0628. The van der Waals surface area contributed by atoms with E-state index in [1.807, 2.05) is 29.2 Å². The van der Waals surface area contributed by atoms with Gasteiger partial charge in [0.25, 0.3) is 0 Å². The molecule has 1 N–H and O–H groups in total. The fourth-order valence-corrected chi connectivity index (χ4v) is 4.29. The zero-order valence-corrected chi connectivity index (χ0v) is 14.5. The lowest BCUT2D eigenvalue weighted by molar-refractivity contribution is -0.132. The SMILES string of the molecule is O=C(CSc1ncccn1)N1CCC2(CC1)C(=O)Nc1ccccc12. The van der Waals surface area contributed by atoms with Crippen LogP contribution in [0, 0.1) is 0 Å². The molecule has 1 aromatic heterocycles. The normalized spacial score (nSPS) is 18.1. The topological polar surface area (TPSA) is 75.2 Å². The van der Waals surface area contributed by atoms with Gasteiger partial charge in [-0.15, -0.1) is 0 Å². The molecule has 128 valence electrons. The zero-order valence-electron chi connectivity index (χ0n) is 13.6. The van der Waals surface area contributed by atoms with Crippen molar-refractivity contribution < 1.29 is 9.59 Å². The summed E-state index contributed by atoms with van der Waals surface area (Å²) in [6, 6.07) is 9.61. The number of piperidine rings is 1. The number of anilines is 1. The number of fused-ring (bicyclic) bond motifs is 2. The van der Waals surface area contributed by atoms with Crippen LogP contribution in [-0.4, -0.2) is 45.5 Å². The number of hydrogen-bond donors (Lipinski definition) is 1. The molecule has 4 rings (SSSR count). The van der Waals surface area contributed by atoms with Crippen LogP contribution in [0.3, 0.4) is 0 Å². The van der Waals surface area contributed by atoms with Gasteiger partial charge >= 0.3 is 0 Å². The van der Waals surface area contributed by atoms with Crippen LogP contribution in [0.4, 0.5) is 5.69 Å². The number of aromatic nitrogens is 2. The second-order valence-corrected chi connectivity index (χ2v) is 7.23. The molecule has 0 atom stereocenters. The molecular weight excluding hydrogens is 336 g/mol. The second kappa shape index (κ2) is 6.48. The number of para-hydroxylation sites is 1. The van der Waals surface area contributed by atoms with Gasteiger partial charge in [0.15, 0.2) is 5.16 Å². The van der Waals surface area contributed by atoms with Crippen molar-refractivity contribution in [2.75, 3.05) is 24.2 Å². The Hall–Kier alpha value is -2.41. The number of rotatable bonds is 3. The van der Waals surface area contributed by atoms with Crippen LogP contribution in [0.2, 0.25) is 0 Å². The number of hydrogen-bond acceptors (Lipinski definition) is 5. The highest BCUT2D eigenvalue weighted by molar-refractivity contribution is 7.99. The fourth-order valence-electron chi connectivity index (χ4n) is 3.59. The third-order valence-corrected chi connectivity index (χ3v) is 5.82. The van der Waals surface area contributed by atoms with Crippen LogP contribution in [-0.2, 0) is 15.0 Å². The van der Waals surface area contributed by atoms with E-state index in [-0.39, 0.29) is 11.8 Å². The summed E-state index contributed by atoms with van der Waals surface area (Å²) in [5.74, 6) is 0.451. The van der Waals surface area contributed by atoms with E-state index in [1.54, 1.807) is 18.5 Å². The Morgan fingerprint density at radius 2 is 1.88 bits per heavy atom. The maximum Gasteiger partial charge on any atom is 0.235 e. The maximum absolute atomic E-state index is 12.6. The van der Waals surface area contributed by atoms with Gasteiger partial charge in [0.1, 0.15) is 0 Å². The number of nitrogens with zero attached hydrogens (tertiary/aromatic N) is 3. The number of amides is 2. The number of likely N-dealkylation sites (tertiary alicyclic amines) is 1. The molecule has 0 radical (unpaired) electrons. The molecule has 0 saturated carbocycles. The molecule has 1 fully saturated rings. The van der Waals surface area contributed by atoms with Gasteiger partial charge in [-0.05, 0) is 30.5 Å². The number of carbonyl (C=O) groups is 2. The van der Waals surface area contributed by atoms with Gasteiger partial charge < -0.3 is 10.2 Å². The molecule has 2 aliphatic rings. The van der Waals surface area contributed by atoms with Crippen molar-refractivity contribution in [3.8, 4) is 0 Å². The Morgan fingerprint density at radius 3 is 2.64 bits per heavy atom. The van der Waals surface area contributed by atoms with Crippen LogP contribution in [0.5, 0.6) is 0 Å². The van der Waals surface area contributed by atoms with Crippen LogP contribution < -0.4 is 5.32 Å². The minimum atomic E-state index is -0.483. The van der Waals surface area contributed by atoms with Crippen molar-refractivity contribution in [3.63, 3.8) is 0 Å². The van der Waals surface area contributed by atoms with Crippen molar-refractivity contribution in [1.82, 2.24) is 14.9 Å². The maximum atomic E-state index is 12.6.